The second kappa shape index (κ2) is 10.9. The number of rotatable bonds is 7. The average molecular weight is 542 g/mol. The number of nitro groups is 1. The van der Waals surface area contributed by atoms with Crippen molar-refractivity contribution in [2.45, 2.75) is 19.6 Å². The van der Waals surface area contributed by atoms with Gasteiger partial charge in [-0.25, -0.2) is 9.79 Å². The van der Waals surface area contributed by atoms with Gasteiger partial charge in [0.2, 0.25) is 0 Å². The zero-order valence-corrected chi connectivity index (χ0v) is 21.9. The molecule has 0 amide bonds. The Bertz CT molecular complexity index is 1750. The van der Waals surface area contributed by atoms with Crippen LogP contribution in [0.5, 0.6) is 5.75 Å². The van der Waals surface area contributed by atoms with E-state index < -0.39 is 16.9 Å². The first kappa shape index (κ1) is 25.8. The molecule has 0 radical (unpaired) electrons. The summed E-state index contributed by atoms with van der Waals surface area (Å²) >= 11 is 1.26. The van der Waals surface area contributed by atoms with E-state index in [1.165, 1.54) is 30.6 Å². The SMILES string of the molecule is COC(=O)C1=C(C)N=c2s/c(=C\c3ccc(OCc4ccc([N+](=O)[O-])cc4)cc3)c(=O)n2[C@H]1c1ccccc1. The molecule has 4 aromatic rings. The Morgan fingerprint density at radius 3 is 2.41 bits per heavy atom. The predicted molar refractivity (Wildman–Crippen MR) is 146 cm³/mol. The van der Waals surface area contributed by atoms with Crippen LogP contribution in [0.25, 0.3) is 6.08 Å². The van der Waals surface area contributed by atoms with Gasteiger partial charge in [-0.15, -0.1) is 0 Å². The van der Waals surface area contributed by atoms with Gasteiger partial charge in [0.15, 0.2) is 4.80 Å². The number of thiazole rings is 1. The Balaban J connectivity index is 1.43. The summed E-state index contributed by atoms with van der Waals surface area (Å²) in [6.07, 6.45) is 1.78. The number of methoxy groups -OCH3 is 1. The number of non-ortho nitro benzene ring substituents is 1. The van der Waals surface area contributed by atoms with Gasteiger partial charge in [0.05, 0.1) is 33.9 Å². The third-order valence-electron chi connectivity index (χ3n) is 6.27. The highest BCUT2D eigenvalue weighted by Crippen LogP contribution is 2.30. The standard InChI is InChI=1S/C29H23N3O6S/c1-18-25(28(34)37-2)26(21-6-4-3-5-7-21)31-27(33)24(39-29(31)30-18)16-19-10-14-23(15-11-19)38-17-20-8-12-22(13-9-20)32(35)36/h3-16,26H,17H2,1-2H3/b24-16-/t26-/m0/s1. The quantitative estimate of drug-likeness (QED) is 0.199. The van der Waals surface area contributed by atoms with Crippen molar-refractivity contribution in [2.24, 2.45) is 4.99 Å². The predicted octanol–water partition coefficient (Wildman–Crippen LogP) is 3.90. The van der Waals surface area contributed by atoms with Crippen LogP contribution in [-0.2, 0) is 16.1 Å². The second-order valence-electron chi connectivity index (χ2n) is 8.77. The number of aromatic nitrogens is 1. The molecule has 10 heteroatoms. The lowest BCUT2D eigenvalue weighted by Gasteiger charge is -2.24. The average Bonchev–Trinajstić information content (AvgIpc) is 3.26. The van der Waals surface area contributed by atoms with Crippen LogP contribution in [0.4, 0.5) is 5.69 Å². The molecule has 0 saturated carbocycles. The van der Waals surface area contributed by atoms with Crippen LogP contribution in [0.3, 0.4) is 0 Å². The third kappa shape index (κ3) is 5.27. The number of allylic oxidation sites excluding steroid dienone is 1. The highest BCUT2D eigenvalue weighted by atomic mass is 32.1. The van der Waals surface area contributed by atoms with Gasteiger partial charge in [-0.05, 0) is 54.0 Å². The first-order valence-electron chi connectivity index (χ1n) is 12.0. The molecule has 2 heterocycles. The topological polar surface area (TPSA) is 113 Å². The molecule has 0 fully saturated rings. The monoisotopic (exact) mass is 541 g/mol. The van der Waals surface area contributed by atoms with Crippen LogP contribution in [0.1, 0.15) is 29.7 Å². The van der Waals surface area contributed by atoms with Gasteiger partial charge in [-0.3, -0.25) is 19.5 Å². The molecule has 9 nitrogen and oxygen atoms in total. The van der Waals surface area contributed by atoms with Crippen LogP contribution in [0.15, 0.2) is 99.9 Å². The van der Waals surface area contributed by atoms with E-state index >= 15 is 0 Å². The minimum Gasteiger partial charge on any atom is -0.489 e. The lowest BCUT2D eigenvalue weighted by Crippen LogP contribution is -2.39. The maximum absolute atomic E-state index is 13.6. The number of carbonyl (C=O) groups is 1. The molecule has 1 aliphatic rings. The second-order valence-corrected chi connectivity index (χ2v) is 9.77. The van der Waals surface area contributed by atoms with Gasteiger partial charge in [-0.1, -0.05) is 53.8 Å². The van der Waals surface area contributed by atoms with E-state index in [0.717, 1.165) is 16.7 Å². The Labute approximate surface area is 226 Å². The minimum atomic E-state index is -0.646. The van der Waals surface area contributed by atoms with Crippen LogP contribution < -0.4 is 19.6 Å². The van der Waals surface area contributed by atoms with E-state index in [2.05, 4.69) is 4.99 Å². The van der Waals surface area contributed by atoms with Crippen LogP contribution in [0.2, 0.25) is 0 Å². The maximum Gasteiger partial charge on any atom is 0.338 e. The fourth-order valence-electron chi connectivity index (χ4n) is 4.34. The van der Waals surface area contributed by atoms with Crippen LogP contribution >= 0.6 is 11.3 Å². The van der Waals surface area contributed by atoms with Gasteiger partial charge in [0, 0.05) is 12.1 Å². The molecule has 1 aliphatic heterocycles. The minimum absolute atomic E-state index is 0.0279. The van der Waals surface area contributed by atoms with Crippen molar-refractivity contribution in [1.29, 1.82) is 0 Å². The van der Waals surface area contributed by atoms with E-state index in [9.17, 15) is 19.7 Å². The molecular weight excluding hydrogens is 518 g/mol. The zero-order chi connectivity index (χ0) is 27.5. The van der Waals surface area contributed by atoms with E-state index in [-0.39, 0.29) is 17.9 Å². The first-order chi connectivity index (χ1) is 18.9. The zero-order valence-electron chi connectivity index (χ0n) is 21.1. The molecule has 1 aromatic heterocycles. The summed E-state index contributed by atoms with van der Waals surface area (Å²) in [7, 11) is 1.31. The number of nitro benzene ring substituents is 1. The van der Waals surface area contributed by atoms with Gasteiger partial charge < -0.3 is 9.47 Å². The summed E-state index contributed by atoms with van der Waals surface area (Å²) in [5.41, 5.74) is 3.01. The molecule has 0 bridgehead atoms. The summed E-state index contributed by atoms with van der Waals surface area (Å²) in [6, 6.07) is 22.1. The van der Waals surface area contributed by atoms with Gasteiger partial charge in [0.25, 0.3) is 11.2 Å². The number of hydrogen-bond acceptors (Lipinski definition) is 8. The summed E-state index contributed by atoms with van der Waals surface area (Å²) in [5.74, 6) is 0.0954. The molecule has 3 aromatic carbocycles. The number of ether oxygens (including phenoxy) is 2. The molecule has 5 rings (SSSR count). The number of nitrogens with zero attached hydrogens (tertiary/aromatic N) is 3. The van der Waals surface area contributed by atoms with Gasteiger partial charge >= 0.3 is 5.97 Å². The number of carbonyl (C=O) groups excluding carboxylic acids is 1. The lowest BCUT2D eigenvalue weighted by molar-refractivity contribution is -0.384. The molecule has 0 aliphatic carbocycles. The summed E-state index contributed by atoms with van der Waals surface area (Å²) in [6.45, 7) is 2.01. The smallest absolute Gasteiger partial charge is 0.338 e. The summed E-state index contributed by atoms with van der Waals surface area (Å²) in [5, 5.41) is 10.8. The number of fused-ring (bicyclic) bond motifs is 1. The van der Waals surface area contributed by atoms with Crippen LogP contribution in [-0.4, -0.2) is 22.6 Å². The van der Waals surface area contributed by atoms with E-state index in [1.807, 2.05) is 42.5 Å². The number of benzene rings is 3. The van der Waals surface area contributed by atoms with E-state index in [1.54, 1.807) is 41.8 Å². The van der Waals surface area contributed by atoms with Crippen molar-refractivity contribution < 1.29 is 19.2 Å². The van der Waals surface area contributed by atoms with Crippen molar-refractivity contribution in [2.75, 3.05) is 7.11 Å². The third-order valence-corrected chi connectivity index (χ3v) is 7.26. The fraction of sp³-hybridized carbons (Fsp3) is 0.138. The largest absolute Gasteiger partial charge is 0.489 e. The maximum atomic E-state index is 13.6. The fourth-order valence-corrected chi connectivity index (χ4v) is 5.38. The Morgan fingerprint density at radius 2 is 1.77 bits per heavy atom. The Morgan fingerprint density at radius 1 is 1.08 bits per heavy atom. The normalized spacial score (nSPS) is 14.9. The van der Waals surface area contributed by atoms with E-state index in [0.29, 0.717) is 26.4 Å². The number of esters is 1. The Kier molecular flexibility index (Phi) is 7.20. The Hall–Kier alpha value is -4.83. The molecule has 0 spiro atoms. The van der Waals surface area contributed by atoms with Gasteiger partial charge in [-0.2, -0.15) is 0 Å². The van der Waals surface area contributed by atoms with E-state index in [4.69, 9.17) is 9.47 Å². The molecule has 39 heavy (non-hydrogen) atoms. The molecular formula is C29H23N3O6S. The van der Waals surface area contributed by atoms with Crippen molar-refractivity contribution in [1.82, 2.24) is 4.57 Å². The van der Waals surface area contributed by atoms with Crippen molar-refractivity contribution in [3.8, 4) is 5.75 Å². The number of hydrogen-bond donors (Lipinski definition) is 0. The molecule has 0 N–H and O–H groups in total. The molecule has 196 valence electrons. The molecule has 0 unspecified atom stereocenters. The van der Waals surface area contributed by atoms with Crippen molar-refractivity contribution >= 4 is 29.1 Å². The van der Waals surface area contributed by atoms with Crippen LogP contribution in [0, 0.1) is 10.1 Å². The summed E-state index contributed by atoms with van der Waals surface area (Å²) < 4.78 is 12.9. The molecule has 0 saturated heterocycles. The van der Waals surface area contributed by atoms with Crippen molar-refractivity contribution in [3.63, 3.8) is 0 Å². The lowest BCUT2D eigenvalue weighted by atomic mass is 9.96. The highest BCUT2D eigenvalue weighted by molar-refractivity contribution is 7.07. The highest BCUT2D eigenvalue weighted by Gasteiger charge is 2.32. The van der Waals surface area contributed by atoms with Crippen molar-refractivity contribution in [3.05, 3.63) is 137 Å². The van der Waals surface area contributed by atoms with Gasteiger partial charge in [0.1, 0.15) is 12.4 Å². The molecule has 1 atom stereocenters. The first-order valence-corrected chi connectivity index (χ1v) is 12.8. The summed E-state index contributed by atoms with van der Waals surface area (Å²) in [4.78, 5) is 41.7.